The van der Waals surface area contributed by atoms with Crippen molar-refractivity contribution in [3.05, 3.63) is 63.8 Å². The zero-order valence-corrected chi connectivity index (χ0v) is 18.2. The van der Waals surface area contributed by atoms with Crippen LogP contribution in [0.3, 0.4) is 0 Å². The molecule has 2 aromatic carbocycles. The van der Waals surface area contributed by atoms with E-state index in [-0.39, 0.29) is 24.3 Å². The van der Waals surface area contributed by atoms with Crippen molar-refractivity contribution in [2.45, 2.75) is 32.9 Å². The number of hydrogen-bond acceptors (Lipinski definition) is 4. The van der Waals surface area contributed by atoms with Crippen LogP contribution >= 0.6 is 15.9 Å². The maximum atomic E-state index is 12.7. The Bertz CT molecular complexity index is 940. The molecule has 1 aliphatic rings. The largest absolute Gasteiger partial charge is 0.493 e. The third-order valence-electron chi connectivity index (χ3n) is 4.62. The second kappa shape index (κ2) is 9.13. The molecule has 1 heterocycles. The second-order valence-electron chi connectivity index (χ2n) is 6.75. The first-order chi connectivity index (χ1) is 13.9. The van der Waals surface area contributed by atoms with Gasteiger partial charge in [0.05, 0.1) is 19.8 Å². The van der Waals surface area contributed by atoms with Crippen molar-refractivity contribution < 1.29 is 19.1 Å². The van der Waals surface area contributed by atoms with Gasteiger partial charge in [0, 0.05) is 4.47 Å². The summed E-state index contributed by atoms with van der Waals surface area (Å²) < 4.78 is 12.2. The number of amides is 3. The average molecular weight is 459 g/mol. The summed E-state index contributed by atoms with van der Waals surface area (Å²) in [5.41, 5.74) is 1.82. The zero-order chi connectivity index (χ0) is 21.0. The van der Waals surface area contributed by atoms with E-state index in [4.69, 9.17) is 9.47 Å². The van der Waals surface area contributed by atoms with E-state index in [0.717, 1.165) is 22.0 Å². The van der Waals surface area contributed by atoms with E-state index >= 15 is 0 Å². The van der Waals surface area contributed by atoms with Crippen LogP contribution in [0.15, 0.2) is 52.6 Å². The fourth-order valence-electron chi connectivity index (χ4n) is 2.83. The van der Waals surface area contributed by atoms with Gasteiger partial charge in [0.1, 0.15) is 5.70 Å². The fraction of sp³-hybridized carbons (Fsp3) is 0.273. The van der Waals surface area contributed by atoms with Gasteiger partial charge >= 0.3 is 6.03 Å². The minimum Gasteiger partial charge on any atom is -0.493 e. The van der Waals surface area contributed by atoms with Gasteiger partial charge in [-0.05, 0) is 54.8 Å². The summed E-state index contributed by atoms with van der Waals surface area (Å²) >= 11 is 3.37. The number of rotatable bonds is 7. The van der Waals surface area contributed by atoms with Crippen molar-refractivity contribution >= 4 is 33.9 Å². The molecule has 1 fully saturated rings. The number of imide groups is 1. The van der Waals surface area contributed by atoms with Gasteiger partial charge < -0.3 is 14.8 Å². The molecule has 0 aromatic heterocycles. The van der Waals surface area contributed by atoms with Crippen molar-refractivity contribution in [1.82, 2.24) is 10.2 Å². The first kappa shape index (κ1) is 20.9. The molecular weight excluding hydrogens is 436 g/mol. The topological polar surface area (TPSA) is 67.9 Å². The van der Waals surface area contributed by atoms with Crippen LogP contribution in [0.25, 0.3) is 6.08 Å². The zero-order valence-electron chi connectivity index (χ0n) is 16.6. The monoisotopic (exact) mass is 458 g/mol. The molecule has 3 rings (SSSR count). The van der Waals surface area contributed by atoms with Crippen LogP contribution in [-0.4, -0.2) is 30.1 Å². The molecule has 0 spiro atoms. The van der Waals surface area contributed by atoms with E-state index in [1.807, 2.05) is 44.2 Å². The summed E-state index contributed by atoms with van der Waals surface area (Å²) in [6.45, 7) is 4.24. The van der Waals surface area contributed by atoms with Crippen LogP contribution in [0.4, 0.5) is 4.79 Å². The van der Waals surface area contributed by atoms with Gasteiger partial charge in [0.25, 0.3) is 5.91 Å². The minimum atomic E-state index is -0.437. The van der Waals surface area contributed by atoms with Crippen molar-refractivity contribution in [3.63, 3.8) is 0 Å². The van der Waals surface area contributed by atoms with Crippen LogP contribution < -0.4 is 14.8 Å². The molecule has 0 saturated carbocycles. The fourth-order valence-corrected chi connectivity index (χ4v) is 3.09. The molecule has 6 nitrogen and oxygen atoms in total. The maximum absolute atomic E-state index is 12.7. The molecule has 1 saturated heterocycles. The Morgan fingerprint density at radius 2 is 1.86 bits per heavy atom. The molecule has 7 heteroatoms. The number of benzene rings is 2. The van der Waals surface area contributed by atoms with Crippen molar-refractivity contribution in [2.75, 3.05) is 7.11 Å². The Kier molecular flexibility index (Phi) is 6.59. The number of methoxy groups -OCH3 is 1. The van der Waals surface area contributed by atoms with Crippen LogP contribution in [0.5, 0.6) is 11.5 Å². The molecule has 1 N–H and O–H groups in total. The smallest absolute Gasteiger partial charge is 0.329 e. The highest BCUT2D eigenvalue weighted by atomic mass is 79.9. The standard InChI is InChI=1S/C22H23BrN2O4/c1-4-14(2)29-19-10-7-16(12-20(19)28-3)11-18-21(26)25(22(27)24-18)13-15-5-8-17(23)9-6-15/h5-12,14H,4,13H2,1-3H3,(H,24,27)/b18-11-/t14-/m0/s1. The first-order valence-corrected chi connectivity index (χ1v) is 10.1. The third-order valence-corrected chi connectivity index (χ3v) is 5.15. The number of carbonyl (C=O) groups is 2. The highest BCUT2D eigenvalue weighted by Gasteiger charge is 2.33. The molecule has 3 amide bonds. The minimum absolute atomic E-state index is 0.0657. The highest BCUT2D eigenvalue weighted by Crippen LogP contribution is 2.30. The number of carbonyl (C=O) groups excluding carboxylic acids is 2. The number of urea groups is 1. The van der Waals surface area contributed by atoms with Crippen LogP contribution in [0.1, 0.15) is 31.4 Å². The first-order valence-electron chi connectivity index (χ1n) is 9.35. The average Bonchev–Trinajstić information content (AvgIpc) is 2.97. The maximum Gasteiger partial charge on any atom is 0.329 e. The summed E-state index contributed by atoms with van der Waals surface area (Å²) in [5, 5.41) is 2.64. The van der Waals surface area contributed by atoms with Crippen LogP contribution in [0, 0.1) is 0 Å². The Hall–Kier alpha value is -2.80. The Morgan fingerprint density at radius 1 is 1.14 bits per heavy atom. The SMILES string of the molecule is CC[C@H](C)Oc1ccc(/C=C2\NC(=O)N(Cc3ccc(Br)cc3)C2=O)cc1OC. The molecule has 29 heavy (non-hydrogen) atoms. The summed E-state index contributed by atoms with van der Waals surface area (Å²) in [7, 11) is 1.57. The van der Waals surface area contributed by atoms with Crippen LogP contribution in [-0.2, 0) is 11.3 Å². The number of nitrogens with zero attached hydrogens (tertiary/aromatic N) is 1. The van der Waals surface area contributed by atoms with E-state index in [1.165, 1.54) is 4.90 Å². The Balaban J connectivity index is 1.79. The van der Waals surface area contributed by atoms with E-state index in [9.17, 15) is 9.59 Å². The van der Waals surface area contributed by atoms with Crippen molar-refractivity contribution in [2.24, 2.45) is 0 Å². The number of nitrogens with one attached hydrogen (secondary N) is 1. The van der Waals surface area contributed by atoms with E-state index in [0.29, 0.717) is 11.5 Å². The molecule has 0 unspecified atom stereocenters. The molecular formula is C22H23BrN2O4. The van der Waals surface area contributed by atoms with Gasteiger partial charge in [-0.3, -0.25) is 9.69 Å². The van der Waals surface area contributed by atoms with Gasteiger partial charge in [-0.2, -0.15) is 0 Å². The van der Waals surface area contributed by atoms with Gasteiger partial charge in [-0.25, -0.2) is 4.79 Å². The quantitative estimate of drug-likeness (QED) is 0.480. The lowest BCUT2D eigenvalue weighted by Gasteiger charge is -2.15. The van der Waals surface area contributed by atoms with Gasteiger partial charge in [-0.1, -0.05) is 41.1 Å². The van der Waals surface area contributed by atoms with E-state index in [2.05, 4.69) is 21.2 Å². The molecule has 0 aliphatic carbocycles. The van der Waals surface area contributed by atoms with Gasteiger partial charge in [0.15, 0.2) is 11.5 Å². The highest BCUT2D eigenvalue weighted by molar-refractivity contribution is 9.10. The lowest BCUT2D eigenvalue weighted by Crippen LogP contribution is -2.30. The van der Waals surface area contributed by atoms with E-state index < -0.39 is 6.03 Å². The lowest BCUT2D eigenvalue weighted by molar-refractivity contribution is -0.123. The molecule has 2 aromatic rings. The summed E-state index contributed by atoms with van der Waals surface area (Å²) in [4.78, 5) is 26.2. The van der Waals surface area contributed by atoms with Crippen molar-refractivity contribution in [3.8, 4) is 11.5 Å². The lowest BCUT2D eigenvalue weighted by atomic mass is 10.1. The molecule has 152 valence electrons. The summed E-state index contributed by atoms with van der Waals surface area (Å²) in [6.07, 6.45) is 2.58. The van der Waals surface area contributed by atoms with Gasteiger partial charge in [-0.15, -0.1) is 0 Å². The van der Waals surface area contributed by atoms with Crippen LogP contribution in [0.2, 0.25) is 0 Å². The number of halogens is 1. The number of hydrogen-bond donors (Lipinski definition) is 1. The van der Waals surface area contributed by atoms with Gasteiger partial charge in [0.2, 0.25) is 0 Å². The van der Waals surface area contributed by atoms with Crippen molar-refractivity contribution in [1.29, 1.82) is 0 Å². The Morgan fingerprint density at radius 3 is 2.52 bits per heavy atom. The summed E-state index contributed by atoms with van der Waals surface area (Å²) in [6, 6.07) is 12.5. The molecule has 1 aliphatic heterocycles. The predicted octanol–water partition coefficient (Wildman–Crippen LogP) is 4.73. The predicted molar refractivity (Wildman–Crippen MR) is 115 cm³/mol. The molecule has 1 atom stereocenters. The molecule has 0 radical (unpaired) electrons. The second-order valence-corrected chi connectivity index (χ2v) is 7.67. The summed E-state index contributed by atoms with van der Waals surface area (Å²) in [5.74, 6) is 0.850. The molecule has 0 bridgehead atoms. The normalized spacial score (nSPS) is 16.1. The Labute approximate surface area is 178 Å². The third kappa shape index (κ3) is 4.98. The number of ether oxygens (including phenoxy) is 2. The van der Waals surface area contributed by atoms with E-state index in [1.54, 1.807) is 25.3 Å².